The number of likely N-dealkylation sites (tertiary alicyclic amines) is 1. The lowest BCUT2D eigenvalue weighted by atomic mass is 10.0. The van der Waals surface area contributed by atoms with Crippen molar-refractivity contribution in [3.05, 3.63) is 71.8 Å². The molecular weight excluding hydrogens is 446 g/mol. The number of ether oxygens (including phenoxy) is 1. The minimum atomic E-state index is 0.130. The molecule has 1 saturated heterocycles. The van der Waals surface area contributed by atoms with Crippen molar-refractivity contribution in [2.24, 2.45) is 0 Å². The molecule has 1 aliphatic carbocycles. The van der Waals surface area contributed by atoms with Crippen molar-refractivity contribution in [3.8, 4) is 17.0 Å². The van der Waals surface area contributed by atoms with E-state index in [1.807, 2.05) is 42.6 Å². The summed E-state index contributed by atoms with van der Waals surface area (Å²) in [6.45, 7) is 6.64. The molecule has 186 valence electrons. The Bertz CT molecular complexity index is 1350. The fourth-order valence-corrected chi connectivity index (χ4v) is 5.75. The molecule has 4 aromatic rings. The Labute approximate surface area is 213 Å². The highest BCUT2D eigenvalue weighted by Gasteiger charge is 2.24. The second kappa shape index (κ2) is 9.94. The molecule has 0 radical (unpaired) electrons. The first-order valence-corrected chi connectivity index (χ1v) is 13.4. The number of benzene rings is 2. The molecule has 2 aliphatic rings. The van der Waals surface area contributed by atoms with Gasteiger partial charge in [-0.1, -0.05) is 24.3 Å². The highest BCUT2D eigenvalue weighted by atomic mass is 16.5. The highest BCUT2D eigenvalue weighted by Crippen LogP contribution is 2.29. The van der Waals surface area contributed by atoms with Crippen LogP contribution in [0.25, 0.3) is 16.9 Å². The van der Waals surface area contributed by atoms with E-state index >= 15 is 0 Å². The summed E-state index contributed by atoms with van der Waals surface area (Å²) in [7, 11) is 0. The third kappa shape index (κ3) is 4.82. The first-order chi connectivity index (χ1) is 17.6. The van der Waals surface area contributed by atoms with Gasteiger partial charge in [0, 0.05) is 17.3 Å². The van der Waals surface area contributed by atoms with Crippen molar-refractivity contribution in [2.45, 2.75) is 64.5 Å². The fraction of sp³-hybridized carbons (Fsp3) is 0.400. The quantitative estimate of drug-likeness (QED) is 0.329. The van der Waals surface area contributed by atoms with Gasteiger partial charge < -0.3 is 15.0 Å². The van der Waals surface area contributed by atoms with Crippen LogP contribution in [-0.4, -0.2) is 44.7 Å². The molecule has 36 heavy (non-hydrogen) atoms. The molecule has 0 spiro atoms. The van der Waals surface area contributed by atoms with Gasteiger partial charge in [-0.3, -0.25) is 0 Å². The Morgan fingerprint density at radius 1 is 0.917 bits per heavy atom. The third-order valence-electron chi connectivity index (χ3n) is 7.47. The molecule has 0 amide bonds. The summed E-state index contributed by atoms with van der Waals surface area (Å²) in [4.78, 5) is 7.48. The smallest absolute Gasteiger partial charge is 0.247 e. The van der Waals surface area contributed by atoms with E-state index in [1.165, 1.54) is 56.3 Å². The fourth-order valence-electron chi connectivity index (χ4n) is 5.75. The van der Waals surface area contributed by atoms with Crippen LogP contribution in [-0.2, 0) is 12.8 Å². The molecule has 1 fully saturated rings. The maximum Gasteiger partial charge on any atom is 0.247 e. The van der Waals surface area contributed by atoms with Crippen molar-refractivity contribution in [3.63, 3.8) is 0 Å². The predicted octanol–water partition coefficient (Wildman–Crippen LogP) is 6.27. The molecule has 2 aromatic carbocycles. The van der Waals surface area contributed by atoms with Gasteiger partial charge in [-0.25, -0.2) is 4.52 Å². The minimum Gasteiger partial charge on any atom is -0.491 e. The molecule has 0 unspecified atom stereocenters. The lowest BCUT2D eigenvalue weighted by molar-refractivity contribution is 0.222. The van der Waals surface area contributed by atoms with Crippen molar-refractivity contribution in [1.29, 1.82) is 0 Å². The molecule has 0 saturated carbocycles. The summed E-state index contributed by atoms with van der Waals surface area (Å²) in [5.74, 6) is 1.47. The average molecular weight is 482 g/mol. The van der Waals surface area contributed by atoms with Crippen molar-refractivity contribution in [2.75, 3.05) is 18.4 Å². The monoisotopic (exact) mass is 481 g/mol. The van der Waals surface area contributed by atoms with Crippen molar-refractivity contribution < 1.29 is 4.74 Å². The van der Waals surface area contributed by atoms with Crippen LogP contribution in [0.1, 0.15) is 50.7 Å². The average Bonchev–Trinajstić information content (AvgIpc) is 3.50. The van der Waals surface area contributed by atoms with Gasteiger partial charge >= 0.3 is 0 Å². The van der Waals surface area contributed by atoms with Crippen LogP contribution in [0.3, 0.4) is 0 Å². The van der Waals surface area contributed by atoms with E-state index in [2.05, 4.69) is 46.6 Å². The number of nitrogens with one attached hydrogen (secondary N) is 1. The summed E-state index contributed by atoms with van der Waals surface area (Å²) >= 11 is 0. The van der Waals surface area contributed by atoms with Gasteiger partial charge in [-0.2, -0.15) is 4.98 Å². The van der Waals surface area contributed by atoms with Crippen LogP contribution in [0, 0.1) is 0 Å². The number of anilines is 2. The van der Waals surface area contributed by atoms with Gasteiger partial charge in [-0.15, -0.1) is 5.10 Å². The topological polar surface area (TPSA) is 54.7 Å². The van der Waals surface area contributed by atoms with Crippen LogP contribution in [0.2, 0.25) is 0 Å². The Hall–Kier alpha value is -3.38. The van der Waals surface area contributed by atoms with E-state index in [-0.39, 0.29) is 6.10 Å². The third-order valence-corrected chi connectivity index (χ3v) is 7.47. The number of aromatic nitrogens is 3. The standard InChI is InChI=1S/C30H35N5O/c1-21(2)36-27-8-5-7-24(20-27)28-9-6-10-29-32-30(33-35(28)29)31-25-14-11-22-12-15-26(16-13-23(22)19-25)34-17-3-4-18-34/h5-11,14,19-21,26H,3-4,12-13,15-18H2,1-2H3,(H,31,33)/t26-/m0/s1. The molecule has 6 nitrogen and oxygen atoms in total. The second-order valence-corrected chi connectivity index (χ2v) is 10.4. The van der Waals surface area contributed by atoms with E-state index in [9.17, 15) is 0 Å². The number of aryl methyl sites for hydroxylation is 2. The second-order valence-electron chi connectivity index (χ2n) is 10.4. The van der Waals surface area contributed by atoms with E-state index in [1.54, 1.807) is 0 Å². The normalized spacial score (nSPS) is 18.4. The highest BCUT2D eigenvalue weighted by molar-refractivity contribution is 5.66. The van der Waals surface area contributed by atoms with E-state index in [4.69, 9.17) is 14.8 Å². The number of nitrogens with zero attached hydrogens (tertiary/aromatic N) is 4. The summed E-state index contributed by atoms with van der Waals surface area (Å²) in [6, 6.07) is 21.8. The number of pyridine rings is 1. The SMILES string of the molecule is CC(C)Oc1cccc(-c2cccc3nc(Nc4ccc5c(c4)CC[C@@H](N4CCCC4)CC5)nn23)c1. The molecule has 6 rings (SSSR count). The van der Waals surface area contributed by atoms with Gasteiger partial charge in [0.25, 0.3) is 0 Å². The van der Waals surface area contributed by atoms with Crippen LogP contribution in [0.4, 0.5) is 11.6 Å². The van der Waals surface area contributed by atoms with E-state index in [0.717, 1.165) is 40.8 Å². The summed E-state index contributed by atoms with van der Waals surface area (Å²) in [5, 5.41) is 8.29. The minimum absolute atomic E-state index is 0.130. The lowest BCUT2D eigenvalue weighted by Crippen LogP contribution is -2.32. The summed E-state index contributed by atoms with van der Waals surface area (Å²) < 4.78 is 7.81. The maximum absolute atomic E-state index is 5.90. The largest absolute Gasteiger partial charge is 0.491 e. The Kier molecular flexibility index (Phi) is 6.36. The van der Waals surface area contributed by atoms with Crippen LogP contribution in [0.5, 0.6) is 5.75 Å². The molecular formula is C30H35N5O. The number of hydrogen-bond donors (Lipinski definition) is 1. The number of rotatable bonds is 6. The molecule has 3 heterocycles. The van der Waals surface area contributed by atoms with E-state index in [0.29, 0.717) is 5.95 Å². The number of hydrogen-bond acceptors (Lipinski definition) is 5. The molecule has 0 bridgehead atoms. The molecule has 1 atom stereocenters. The lowest BCUT2D eigenvalue weighted by Gasteiger charge is -2.25. The Morgan fingerprint density at radius 3 is 2.56 bits per heavy atom. The first-order valence-electron chi connectivity index (χ1n) is 13.4. The maximum atomic E-state index is 5.90. The number of fused-ring (bicyclic) bond motifs is 2. The van der Waals surface area contributed by atoms with Gasteiger partial charge in [0.2, 0.25) is 5.95 Å². The summed E-state index contributed by atoms with van der Waals surface area (Å²) in [6.07, 6.45) is 7.71. The molecule has 1 N–H and O–H groups in total. The van der Waals surface area contributed by atoms with E-state index < -0.39 is 0 Å². The predicted molar refractivity (Wildman–Crippen MR) is 145 cm³/mol. The first kappa shape index (κ1) is 23.0. The van der Waals surface area contributed by atoms with Crippen LogP contribution >= 0.6 is 0 Å². The van der Waals surface area contributed by atoms with Crippen LogP contribution < -0.4 is 10.1 Å². The van der Waals surface area contributed by atoms with Crippen molar-refractivity contribution >= 4 is 17.3 Å². The van der Waals surface area contributed by atoms with Gasteiger partial charge in [0.1, 0.15) is 5.75 Å². The van der Waals surface area contributed by atoms with Crippen LogP contribution in [0.15, 0.2) is 60.7 Å². The van der Waals surface area contributed by atoms with Crippen molar-refractivity contribution in [1.82, 2.24) is 19.5 Å². The molecule has 1 aliphatic heterocycles. The zero-order valence-corrected chi connectivity index (χ0v) is 21.3. The zero-order chi connectivity index (χ0) is 24.5. The van der Waals surface area contributed by atoms with Gasteiger partial charge in [0.05, 0.1) is 11.8 Å². The molecule has 6 heteroatoms. The molecule has 2 aromatic heterocycles. The summed E-state index contributed by atoms with van der Waals surface area (Å²) in [5.41, 5.74) is 6.86. The zero-order valence-electron chi connectivity index (χ0n) is 21.3. The van der Waals surface area contributed by atoms with Gasteiger partial charge in [-0.05, 0) is 113 Å². The Morgan fingerprint density at radius 2 is 1.72 bits per heavy atom. The Balaban J connectivity index is 1.23. The van der Waals surface area contributed by atoms with Gasteiger partial charge in [0.15, 0.2) is 5.65 Å².